The van der Waals surface area contributed by atoms with Crippen molar-refractivity contribution in [2.45, 2.75) is 12.8 Å². The van der Waals surface area contributed by atoms with Crippen molar-refractivity contribution in [3.63, 3.8) is 0 Å². The minimum atomic E-state index is -0.848. The molecule has 0 amide bonds. The summed E-state index contributed by atoms with van der Waals surface area (Å²) in [6, 6.07) is 5.90. The molecular formula is C14H10ClF3O. The van der Waals surface area contributed by atoms with Crippen LogP contribution in [0.2, 0.25) is 0 Å². The fraction of sp³-hybridized carbons (Fsp3) is 0.143. The van der Waals surface area contributed by atoms with Crippen LogP contribution in [0.1, 0.15) is 11.1 Å². The molecule has 0 bridgehead atoms. The lowest BCUT2D eigenvalue weighted by molar-refractivity contribution is 0.404. The Bertz CT molecular complexity index is 591. The molecule has 1 nitrogen and oxygen atoms in total. The summed E-state index contributed by atoms with van der Waals surface area (Å²) in [7, 11) is 0. The Labute approximate surface area is 113 Å². The van der Waals surface area contributed by atoms with Crippen molar-refractivity contribution in [1.82, 2.24) is 0 Å². The zero-order valence-electron chi connectivity index (χ0n) is 10.0. The average molecular weight is 287 g/mol. The van der Waals surface area contributed by atoms with Crippen LogP contribution in [-0.4, -0.2) is 0 Å². The normalized spacial score (nSPS) is 10.6. The maximum Gasteiger partial charge on any atom is 0.198 e. The van der Waals surface area contributed by atoms with Gasteiger partial charge in [0.2, 0.25) is 0 Å². The van der Waals surface area contributed by atoms with Gasteiger partial charge in [-0.05, 0) is 48.4 Å². The first kappa shape index (κ1) is 13.7. The third kappa shape index (κ3) is 3.01. The van der Waals surface area contributed by atoms with Crippen LogP contribution in [0.25, 0.3) is 0 Å². The van der Waals surface area contributed by atoms with Crippen molar-refractivity contribution >= 4 is 11.6 Å². The summed E-state index contributed by atoms with van der Waals surface area (Å²) < 4.78 is 45.5. The van der Waals surface area contributed by atoms with Crippen molar-refractivity contribution in [3.8, 4) is 11.5 Å². The molecule has 0 atom stereocenters. The van der Waals surface area contributed by atoms with Crippen LogP contribution < -0.4 is 4.74 Å². The average Bonchev–Trinajstić information content (AvgIpc) is 2.35. The molecule has 0 aliphatic carbocycles. The summed E-state index contributed by atoms with van der Waals surface area (Å²) in [6.07, 6.45) is 0. The molecule has 0 unspecified atom stereocenters. The second-order valence-electron chi connectivity index (χ2n) is 4.03. The largest absolute Gasteiger partial charge is 0.451 e. The van der Waals surface area contributed by atoms with E-state index in [4.69, 9.17) is 16.3 Å². The minimum absolute atomic E-state index is 0.00367. The van der Waals surface area contributed by atoms with E-state index in [2.05, 4.69) is 0 Å². The van der Waals surface area contributed by atoms with Gasteiger partial charge in [0.05, 0.1) is 0 Å². The Morgan fingerprint density at radius 1 is 1.05 bits per heavy atom. The number of alkyl halides is 1. The van der Waals surface area contributed by atoms with E-state index >= 15 is 0 Å². The fourth-order valence-corrected chi connectivity index (χ4v) is 1.78. The molecule has 2 aromatic rings. The molecule has 0 fully saturated rings. The molecule has 0 aliphatic heterocycles. The third-order valence-electron chi connectivity index (χ3n) is 2.56. The molecular weight excluding hydrogens is 277 g/mol. The Kier molecular flexibility index (Phi) is 4.00. The first-order valence-corrected chi connectivity index (χ1v) is 6.02. The second-order valence-corrected chi connectivity index (χ2v) is 4.30. The predicted octanol–water partition coefficient (Wildman–Crippen LogP) is 4.94. The molecule has 0 aliphatic rings. The van der Waals surface area contributed by atoms with E-state index in [1.165, 1.54) is 12.1 Å². The monoisotopic (exact) mass is 286 g/mol. The Hall–Kier alpha value is -1.68. The van der Waals surface area contributed by atoms with Gasteiger partial charge in [-0.3, -0.25) is 0 Å². The van der Waals surface area contributed by atoms with E-state index in [-0.39, 0.29) is 11.6 Å². The number of aryl methyl sites for hydroxylation is 1. The fourth-order valence-electron chi connectivity index (χ4n) is 1.62. The van der Waals surface area contributed by atoms with Gasteiger partial charge in [-0.15, -0.1) is 11.6 Å². The topological polar surface area (TPSA) is 9.23 Å². The van der Waals surface area contributed by atoms with Crippen LogP contribution in [0.5, 0.6) is 11.5 Å². The van der Waals surface area contributed by atoms with Gasteiger partial charge in [-0.1, -0.05) is 0 Å². The van der Waals surface area contributed by atoms with Crippen LogP contribution in [0, 0.1) is 24.4 Å². The highest BCUT2D eigenvalue weighted by Crippen LogP contribution is 2.31. The van der Waals surface area contributed by atoms with E-state index < -0.39 is 23.2 Å². The molecule has 0 spiro atoms. The summed E-state index contributed by atoms with van der Waals surface area (Å²) in [5.74, 6) is -2.47. The molecule has 5 heteroatoms. The molecule has 0 saturated heterocycles. The standard InChI is InChI=1S/C14H10ClF3O/c1-8-4-10(16)2-3-13(8)19-14-11(17)5-9(7-15)6-12(14)18/h2-6H,7H2,1H3. The van der Waals surface area contributed by atoms with E-state index in [0.717, 1.165) is 18.2 Å². The lowest BCUT2D eigenvalue weighted by atomic mass is 10.2. The first-order chi connectivity index (χ1) is 9.01. The number of hydrogen-bond donors (Lipinski definition) is 0. The lowest BCUT2D eigenvalue weighted by Gasteiger charge is -2.11. The molecule has 0 saturated carbocycles. The van der Waals surface area contributed by atoms with Crippen LogP contribution in [-0.2, 0) is 5.88 Å². The number of benzene rings is 2. The molecule has 19 heavy (non-hydrogen) atoms. The van der Waals surface area contributed by atoms with Crippen molar-refractivity contribution in [3.05, 3.63) is 58.9 Å². The van der Waals surface area contributed by atoms with Gasteiger partial charge in [0.25, 0.3) is 0 Å². The van der Waals surface area contributed by atoms with Gasteiger partial charge in [0.15, 0.2) is 17.4 Å². The SMILES string of the molecule is Cc1cc(F)ccc1Oc1c(F)cc(CCl)cc1F. The van der Waals surface area contributed by atoms with Gasteiger partial charge in [0.1, 0.15) is 11.6 Å². The van der Waals surface area contributed by atoms with Crippen molar-refractivity contribution in [2.75, 3.05) is 0 Å². The number of halogens is 4. The Morgan fingerprint density at radius 2 is 1.68 bits per heavy atom. The van der Waals surface area contributed by atoms with Crippen molar-refractivity contribution in [1.29, 1.82) is 0 Å². The Morgan fingerprint density at radius 3 is 2.21 bits per heavy atom. The second kappa shape index (κ2) is 5.53. The van der Waals surface area contributed by atoms with E-state index in [1.807, 2.05) is 0 Å². The number of rotatable bonds is 3. The van der Waals surface area contributed by atoms with Gasteiger partial charge in [0, 0.05) is 5.88 Å². The summed E-state index contributed by atoms with van der Waals surface area (Å²) in [6.45, 7) is 1.58. The molecule has 0 aromatic heterocycles. The Balaban J connectivity index is 2.38. The lowest BCUT2D eigenvalue weighted by Crippen LogP contribution is -1.96. The highest BCUT2D eigenvalue weighted by atomic mass is 35.5. The summed E-state index contributed by atoms with van der Waals surface area (Å²) >= 11 is 5.51. The smallest absolute Gasteiger partial charge is 0.198 e. The van der Waals surface area contributed by atoms with E-state index in [9.17, 15) is 13.2 Å². The van der Waals surface area contributed by atoms with Crippen molar-refractivity contribution in [2.24, 2.45) is 0 Å². The number of ether oxygens (including phenoxy) is 1. The van der Waals surface area contributed by atoms with Crippen LogP contribution >= 0.6 is 11.6 Å². The number of hydrogen-bond acceptors (Lipinski definition) is 1. The molecule has 0 radical (unpaired) electrons. The quantitative estimate of drug-likeness (QED) is 0.726. The highest BCUT2D eigenvalue weighted by molar-refractivity contribution is 6.17. The summed E-state index contributed by atoms with van der Waals surface area (Å²) in [5.41, 5.74) is 0.764. The molecule has 0 N–H and O–H groups in total. The summed E-state index contributed by atoms with van der Waals surface area (Å²) in [5, 5.41) is 0. The maximum absolute atomic E-state index is 13.7. The zero-order chi connectivity index (χ0) is 14.0. The highest BCUT2D eigenvalue weighted by Gasteiger charge is 2.14. The third-order valence-corrected chi connectivity index (χ3v) is 2.87. The van der Waals surface area contributed by atoms with E-state index in [0.29, 0.717) is 11.1 Å². The molecule has 2 rings (SSSR count). The van der Waals surface area contributed by atoms with Gasteiger partial charge < -0.3 is 4.74 Å². The zero-order valence-corrected chi connectivity index (χ0v) is 10.8. The van der Waals surface area contributed by atoms with Crippen molar-refractivity contribution < 1.29 is 17.9 Å². The molecule has 2 aromatic carbocycles. The molecule has 0 heterocycles. The summed E-state index contributed by atoms with van der Waals surface area (Å²) in [4.78, 5) is 0. The predicted molar refractivity (Wildman–Crippen MR) is 67.1 cm³/mol. The van der Waals surface area contributed by atoms with Crippen LogP contribution in [0.4, 0.5) is 13.2 Å². The maximum atomic E-state index is 13.7. The van der Waals surface area contributed by atoms with Crippen LogP contribution in [0.3, 0.4) is 0 Å². The van der Waals surface area contributed by atoms with Gasteiger partial charge >= 0.3 is 0 Å². The van der Waals surface area contributed by atoms with E-state index in [1.54, 1.807) is 6.92 Å². The first-order valence-electron chi connectivity index (χ1n) is 5.49. The van der Waals surface area contributed by atoms with Gasteiger partial charge in [-0.25, -0.2) is 13.2 Å². The van der Waals surface area contributed by atoms with Gasteiger partial charge in [-0.2, -0.15) is 0 Å². The van der Waals surface area contributed by atoms with Crippen LogP contribution in [0.15, 0.2) is 30.3 Å². The molecule has 100 valence electrons. The minimum Gasteiger partial charge on any atom is -0.451 e.